The van der Waals surface area contributed by atoms with Crippen LogP contribution in [0.3, 0.4) is 0 Å². The topological polar surface area (TPSA) is 0 Å². The number of halogens is 1. The lowest BCUT2D eigenvalue weighted by molar-refractivity contribution is 1.31. The number of hydrogen-bond acceptors (Lipinski definition) is 0. The summed E-state index contributed by atoms with van der Waals surface area (Å²) >= 11 is 6.38. The van der Waals surface area contributed by atoms with E-state index in [9.17, 15) is 0 Å². The highest BCUT2D eigenvalue weighted by molar-refractivity contribution is 6.34. The van der Waals surface area contributed by atoms with Gasteiger partial charge in [-0.3, -0.25) is 0 Å². The van der Waals surface area contributed by atoms with Gasteiger partial charge in [-0.1, -0.05) is 41.4 Å². The Morgan fingerprint density at radius 1 is 1.00 bits per heavy atom. The SMILES string of the molecule is Cc1cc(C)c(-c2cc[c]c(C)c2Cl)c(C)c1. The molecule has 2 rings (SSSR count). The molecule has 0 N–H and O–H groups in total. The maximum absolute atomic E-state index is 6.38. The van der Waals surface area contributed by atoms with Crippen molar-refractivity contribution in [2.75, 3.05) is 0 Å². The van der Waals surface area contributed by atoms with Crippen molar-refractivity contribution in [3.8, 4) is 11.1 Å². The lowest BCUT2D eigenvalue weighted by Crippen LogP contribution is -1.92. The molecule has 0 atom stereocenters. The van der Waals surface area contributed by atoms with E-state index in [2.05, 4.69) is 39.0 Å². The number of hydrogen-bond donors (Lipinski definition) is 0. The molecule has 1 radical (unpaired) electrons. The highest BCUT2D eigenvalue weighted by Crippen LogP contribution is 2.34. The highest BCUT2D eigenvalue weighted by Gasteiger charge is 2.11. The lowest BCUT2D eigenvalue weighted by Gasteiger charge is -2.14. The predicted molar refractivity (Wildman–Crippen MR) is 74.7 cm³/mol. The Morgan fingerprint density at radius 2 is 1.59 bits per heavy atom. The quantitative estimate of drug-likeness (QED) is 0.658. The highest BCUT2D eigenvalue weighted by atomic mass is 35.5. The van der Waals surface area contributed by atoms with Crippen molar-refractivity contribution in [3.05, 3.63) is 57.6 Å². The fourth-order valence-corrected chi connectivity index (χ4v) is 2.60. The number of rotatable bonds is 1. The zero-order valence-electron chi connectivity index (χ0n) is 10.7. The Morgan fingerprint density at radius 3 is 2.18 bits per heavy atom. The van der Waals surface area contributed by atoms with Crippen LogP contribution in [0.2, 0.25) is 5.02 Å². The van der Waals surface area contributed by atoms with Crippen LogP contribution in [0, 0.1) is 33.8 Å². The summed E-state index contributed by atoms with van der Waals surface area (Å²) in [6.45, 7) is 8.38. The summed E-state index contributed by atoms with van der Waals surface area (Å²) in [6.07, 6.45) is 0. The van der Waals surface area contributed by atoms with Gasteiger partial charge >= 0.3 is 0 Å². The van der Waals surface area contributed by atoms with Gasteiger partial charge in [-0.25, -0.2) is 0 Å². The number of benzene rings is 2. The van der Waals surface area contributed by atoms with Crippen molar-refractivity contribution in [2.24, 2.45) is 0 Å². The molecule has 0 aromatic heterocycles. The van der Waals surface area contributed by atoms with Gasteiger partial charge < -0.3 is 0 Å². The summed E-state index contributed by atoms with van der Waals surface area (Å²) < 4.78 is 0. The van der Waals surface area contributed by atoms with Crippen LogP contribution in [0.5, 0.6) is 0 Å². The predicted octanol–water partition coefficient (Wildman–Crippen LogP) is 5.04. The molecular weight excluding hydrogens is 228 g/mol. The average molecular weight is 244 g/mol. The van der Waals surface area contributed by atoms with E-state index in [4.69, 9.17) is 11.6 Å². The van der Waals surface area contributed by atoms with E-state index in [1.807, 2.05) is 19.1 Å². The summed E-state index contributed by atoms with van der Waals surface area (Å²) in [7, 11) is 0. The monoisotopic (exact) mass is 243 g/mol. The molecule has 1 heteroatoms. The zero-order chi connectivity index (χ0) is 12.6. The molecule has 0 saturated heterocycles. The summed E-state index contributed by atoms with van der Waals surface area (Å²) in [6, 6.07) is 11.5. The van der Waals surface area contributed by atoms with Gasteiger partial charge in [0.2, 0.25) is 0 Å². The van der Waals surface area contributed by atoms with Crippen LogP contribution in [-0.4, -0.2) is 0 Å². The molecular formula is C16H16Cl. The molecule has 0 amide bonds. The minimum absolute atomic E-state index is 0.808. The van der Waals surface area contributed by atoms with E-state index in [1.54, 1.807) is 0 Å². The molecule has 0 fully saturated rings. The fraction of sp³-hybridized carbons (Fsp3) is 0.250. The van der Waals surface area contributed by atoms with Crippen LogP contribution in [0.4, 0.5) is 0 Å². The van der Waals surface area contributed by atoms with Gasteiger partial charge in [-0.2, -0.15) is 0 Å². The van der Waals surface area contributed by atoms with E-state index >= 15 is 0 Å². The van der Waals surface area contributed by atoms with Crippen LogP contribution >= 0.6 is 11.6 Å². The van der Waals surface area contributed by atoms with Gasteiger partial charge in [0.05, 0.1) is 5.02 Å². The summed E-state index contributed by atoms with van der Waals surface area (Å²) in [5.74, 6) is 0. The second-order valence-corrected chi connectivity index (χ2v) is 4.98. The third-order valence-corrected chi connectivity index (χ3v) is 3.55. The molecule has 0 spiro atoms. The largest absolute Gasteiger partial charge is 0.0833 e. The maximum atomic E-state index is 6.38. The molecule has 0 bridgehead atoms. The zero-order valence-corrected chi connectivity index (χ0v) is 11.4. The third-order valence-electron chi connectivity index (χ3n) is 3.06. The number of aryl methyl sites for hydroxylation is 4. The summed E-state index contributed by atoms with van der Waals surface area (Å²) in [5, 5.41) is 0.808. The normalized spacial score (nSPS) is 10.6. The van der Waals surface area contributed by atoms with Crippen LogP contribution in [0.25, 0.3) is 11.1 Å². The van der Waals surface area contributed by atoms with E-state index in [1.165, 1.54) is 22.3 Å². The van der Waals surface area contributed by atoms with E-state index < -0.39 is 0 Å². The van der Waals surface area contributed by atoms with Gasteiger partial charge in [0.15, 0.2) is 0 Å². The average Bonchev–Trinajstić information content (AvgIpc) is 2.23. The van der Waals surface area contributed by atoms with Gasteiger partial charge in [0.1, 0.15) is 0 Å². The minimum atomic E-state index is 0.808. The van der Waals surface area contributed by atoms with Crippen molar-refractivity contribution in [2.45, 2.75) is 27.7 Å². The smallest absolute Gasteiger partial charge is 0.0519 e. The first kappa shape index (κ1) is 12.2. The molecule has 2 aromatic rings. The molecule has 0 nitrogen and oxygen atoms in total. The van der Waals surface area contributed by atoms with Crippen molar-refractivity contribution in [3.63, 3.8) is 0 Å². The van der Waals surface area contributed by atoms with Crippen LogP contribution < -0.4 is 0 Å². The Hall–Kier alpha value is -1.27. The van der Waals surface area contributed by atoms with Crippen molar-refractivity contribution < 1.29 is 0 Å². The van der Waals surface area contributed by atoms with E-state index in [0.29, 0.717) is 0 Å². The molecule has 0 unspecified atom stereocenters. The molecule has 17 heavy (non-hydrogen) atoms. The molecule has 0 saturated carbocycles. The van der Waals surface area contributed by atoms with Crippen molar-refractivity contribution in [1.29, 1.82) is 0 Å². The van der Waals surface area contributed by atoms with Gasteiger partial charge in [-0.05, 0) is 56.0 Å². The first-order valence-electron chi connectivity index (χ1n) is 5.75. The van der Waals surface area contributed by atoms with E-state index in [-0.39, 0.29) is 0 Å². The van der Waals surface area contributed by atoms with Crippen molar-refractivity contribution in [1.82, 2.24) is 0 Å². The maximum Gasteiger partial charge on any atom is 0.0519 e. The van der Waals surface area contributed by atoms with Crippen LogP contribution in [-0.2, 0) is 0 Å². The fourth-order valence-electron chi connectivity index (χ4n) is 2.39. The molecule has 2 aromatic carbocycles. The lowest BCUT2D eigenvalue weighted by atomic mass is 9.93. The molecule has 87 valence electrons. The molecule has 0 aliphatic carbocycles. The Bertz CT molecular complexity index is 545. The Balaban J connectivity index is 2.73. The molecule has 0 aliphatic rings. The molecule has 0 aliphatic heterocycles. The molecule has 0 heterocycles. The second kappa shape index (κ2) is 4.54. The Labute approximate surface area is 108 Å². The van der Waals surface area contributed by atoms with Gasteiger partial charge in [0.25, 0.3) is 0 Å². The van der Waals surface area contributed by atoms with Crippen LogP contribution in [0.15, 0.2) is 24.3 Å². The van der Waals surface area contributed by atoms with Crippen LogP contribution in [0.1, 0.15) is 22.3 Å². The first-order valence-corrected chi connectivity index (χ1v) is 6.13. The third kappa shape index (κ3) is 2.23. The van der Waals surface area contributed by atoms with Gasteiger partial charge in [-0.15, -0.1) is 0 Å². The Kier molecular flexibility index (Phi) is 3.26. The van der Waals surface area contributed by atoms with Gasteiger partial charge in [0, 0.05) is 5.56 Å². The second-order valence-electron chi connectivity index (χ2n) is 4.60. The minimum Gasteiger partial charge on any atom is -0.0833 e. The summed E-state index contributed by atoms with van der Waals surface area (Å²) in [5.41, 5.74) is 7.20. The first-order chi connectivity index (χ1) is 8.00. The van der Waals surface area contributed by atoms with Crippen molar-refractivity contribution >= 4 is 11.6 Å². The summed E-state index contributed by atoms with van der Waals surface area (Å²) in [4.78, 5) is 0. The standard InChI is InChI=1S/C16H16Cl/c1-10-8-12(3)15(13(4)9-10)14-7-5-6-11(2)16(14)17/h5,7-9H,1-4H3. The van der Waals surface area contributed by atoms with E-state index in [0.717, 1.165) is 16.1 Å².